The van der Waals surface area contributed by atoms with Gasteiger partial charge >= 0.3 is 0 Å². The summed E-state index contributed by atoms with van der Waals surface area (Å²) < 4.78 is 0. The molecule has 2 rings (SSSR count). The molecule has 0 aliphatic heterocycles. The van der Waals surface area contributed by atoms with Crippen molar-refractivity contribution < 1.29 is 4.79 Å². The van der Waals surface area contributed by atoms with Gasteiger partial charge in [-0.3, -0.25) is 4.79 Å². The number of hydrogen-bond donors (Lipinski definition) is 0. The van der Waals surface area contributed by atoms with Crippen molar-refractivity contribution in [1.82, 2.24) is 0 Å². The molecule has 0 radical (unpaired) electrons. The molecule has 19 heavy (non-hydrogen) atoms. The number of terminal acetylenes is 1. The molecule has 0 spiro atoms. The summed E-state index contributed by atoms with van der Waals surface area (Å²) in [7, 11) is 0. The molecule has 1 heteroatoms. The maximum atomic E-state index is 12.3. The second-order valence-corrected chi connectivity index (χ2v) is 4.50. The Kier molecular flexibility index (Phi) is 4.15. The van der Waals surface area contributed by atoms with Crippen molar-refractivity contribution in [3.63, 3.8) is 0 Å². The zero-order valence-electron chi connectivity index (χ0n) is 11.0. The van der Waals surface area contributed by atoms with Crippen molar-refractivity contribution in [2.45, 2.75) is 19.8 Å². The van der Waals surface area contributed by atoms with Crippen LogP contribution in [0.3, 0.4) is 0 Å². The third-order valence-corrected chi connectivity index (χ3v) is 3.07. The topological polar surface area (TPSA) is 17.1 Å². The molecular weight excluding hydrogens is 232 g/mol. The molecule has 94 valence electrons. The Morgan fingerprint density at radius 1 is 1.00 bits per heavy atom. The first kappa shape index (κ1) is 13.1. The fourth-order valence-corrected chi connectivity index (χ4v) is 2.00. The molecule has 0 bridgehead atoms. The van der Waals surface area contributed by atoms with Crippen LogP contribution in [0, 0.1) is 12.3 Å². The average molecular weight is 248 g/mol. The van der Waals surface area contributed by atoms with Crippen LogP contribution in [-0.2, 0) is 6.42 Å². The fourth-order valence-electron chi connectivity index (χ4n) is 2.00. The fraction of sp³-hybridized carbons (Fsp3) is 0.167. The van der Waals surface area contributed by atoms with Crippen LogP contribution in [0.25, 0.3) is 0 Å². The summed E-state index contributed by atoms with van der Waals surface area (Å²) in [5, 5.41) is 0. The lowest BCUT2D eigenvalue weighted by atomic mass is 10.00. The van der Waals surface area contributed by atoms with Crippen molar-refractivity contribution in [3.8, 4) is 12.3 Å². The van der Waals surface area contributed by atoms with Gasteiger partial charge in [0.2, 0.25) is 0 Å². The largest absolute Gasteiger partial charge is 0.289 e. The molecule has 2 aromatic carbocycles. The molecular formula is C18H16O. The second-order valence-electron chi connectivity index (χ2n) is 4.50. The first-order valence-electron chi connectivity index (χ1n) is 6.45. The van der Waals surface area contributed by atoms with Gasteiger partial charge in [-0.1, -0.05) is 43.5 Å². The Labute approximate surface area is 114 Å². The molecule has 0 N–H and O–H groups in total. The van der Waals surface area contributed by atoms with E-state index in [0.29, 0.717) is 11.1 Å². The highest BCUT2D eigenvalue weighted by Gasteiger charge is 2.08. The Balaban J connectivity index is 2.20. The number of carbonyl (C=O) groups excluding carboxylic acids is 1. The lowest BCUT2D eigenvalue weighted by Crippen LogP contribution is -2.01. The van der Waals surface area contributed by atoms with Gasteiger partial charge in [0.15, 0.2) is 5.78 Å². The lowest BCUT2D eigenvalue weighted by Gasteiger charge is -2.03. The van der Waals surface area contributed by atoms with E-state index in [0.717, 1.165) is 18.4 Å². The molecule has 0 atom stereocenters. The minimum absolute atomic E-state index is 0.0339. The standard InChI is InChI=1S/C18H16O/c1-3-5-15-8-12-17(13-9-15)18(19)16-10-6-14(4-2)7-11-16/h2,6-13H,3,5H2,1H3. The lowest BCUT2D eigenvalue weighted by molar-refractivity contribution is 0.103. The van der Waals surface area contributed by atoms with Gasteiger partial charge in [0.1, 0.15) is 0 Å². The molecule has 0 aliphatic rings. The van der Waals surface area contributed by atoms with E-state index in [4.69, 9.17) is 6.42 Å². The molecule has 2 aromatic rings. The molecule has 0 aromatic heterocycles. The predicted molar refractivity (Wildman–Crippen MR) is 78.2 cm³/mol. The molecule has 0 aliphatic carbocycles. The summed E-state index contributed by atoms with van der Waals surface area (Å²) in [5.74, 6) is 2.58. The molecule has 0 saturated heterocycles. The van der Waals surface area contributed by atoms with E-state index < -0.39 is 0 Å². The van der Waals surface area contributed by atoms with E-state index in [1.165, 1.54) is 5.56 Å². The smallest absolute Gasteiger partial charge is 0.193 e. The van der Waals surface area contributed by atoms with Crippen LogP contribution in [0.15, 0.2) is 48.5 Å². The maximum absolute atomic E-state index is 12.3. The number of hydrogen-bond acceptors (Lipinski definition) is 1. The van der Waals surface area contributed by atoms with Crippen LogP contribution in [-0.4, -0.2) is 5.78 Å². The number of rotatable bonds is 4. The molecule has 0 fully saturated rings. The summed E-state index contributed by atoms with van der Waals surface area (Å²) in [6.45, 7) is 2.14. The molecule has 0 saturated carbocycles. The summed E-state index contributed by atoms with van der Waals surface area (Å²) >= 11 is 0. The van der Waals surface area contributed by atoms with Crippen LogP contribution in [0.4, 0.5) is 0 Å². The monoisotopic (exact) mass is 248 g/mol. The van der Waals surface area contributed by atoms with E-state index in [1.807, 2.05) is 24.3 Å². The van der Waals surface area contributed by atoms with Crippen molar-refractivity contribution in [2.75, 3.05) is 0 Å². The predicted octanol–water partition coefficient (Wildman–Crippen LogP) is 3.85. The average Bonchev–Trinajstić information content (AvgIpc) is 2.48. The summed E-state index contributed by atoms with van der Waals surface area (Å²) in [5.41, 5.74) is 3.44. The Bertz CT molecular complexity index is 598. The number of benzene rings is 2. The zero-order valence-corrected chi connectivity index (χ0v) is 11.0. The zero-order chi connectivity index (χ0) is 13.7. The maximum Gasteiger partial charge on any atom is 0.193 e. The molecule has 1 nitrogen and oxygen atoms in total. The third-order valence-electron chi connectivity index (χ3n) is 3.07. The minimum Gasteiger partial charge on any atom is -0.289 e. The number of aryl methyl sites for hydroxylation is 1. The highest BCUT2D eigenvalue weighted by Crippen LogP contribution is 2.13. The van der Waals surface area contributed by atoms with Crippen molar-refractivity contribution >= 4 is 5.78 Å². The first-order valence-corrected chi connectivity index (χ1v) is 6.45. The highest BCUT2D eigenvalue weighted by atomic mass is 16.1. The van der Waals surface area contributed by atoms with Gasteiger partial charge in [0.25, 0.3) is 0 Å². The quantitative estimate of drug-likeness (QED) is 0.593. The third kappa shape index (κ3) is 3.11. The number of carbonyl (C=O) groups is 1. The van der Waals surface area contributed by atoms with E-state index in [1.54, 1.807) is 24.3 Å². The van der Waals surface area contributed by atoms with Gasteiger partial charge in [-0.15, -0.1) is 6.42 Å². The minimum atomic E-state index is 0.0339. The Morgan fingerprint density at radius 2 is 1.53 bits per heavy atom. The van der Waals surface area contributed by atoms with Gasteiger partial charge in [-0.05, 0) is 36.2 Å². The van der Waals surface area contributed by atoms with Crippen molar-refractivity contribution in [3.05, 3.63) is 70.8 Å². The normalized spacial score (nSPS) is 9.89. The Hall–Kier alpha value is -2.33. The van der Waals surface area contributed by atoms with Gasteiger partial charge in [-0.25, -0.2) is 0 Å². The molecule has 0 amide bonds. The van der Waals surface area contributed by atoms with E-state index >= 15 is 0 Å². The first-order chi connectivity index (χ1) is 9.24. The van der Waals surface area contributed by atoms with Crippen molar-refractivity contribution in [2.24, 2.45) is 0 Å². The van der Waals surface area contributed by atoms with Crippen molar-refractivity contribution in [1.29, 1.82) is 0 Å². The van der Waals surface area contributed by atoms with Gasteiger partial charge < -0.3 is 0 Å². The van der Waals surface area contributed by atoms with Crippen LogP contribution in [0.5, 0.6) is 0 Å². The Morgan fingerprint density at radius 3 is 2.00 bits per heavy atom. The summed E-state index contributed by atoms with van der Waals surface area (Å²) in [6.07, 6.45) is 7.46. The SMILES string of the molecule is C#Cc1ccc(C(=O)c2ccc(CCC)cc2)cc1. The summed E-state index contributed by atoms with van der Waals surface area (Å²) in [6, 6.07) is 15.0. The van der Waals surface area contributed by atoms with Crippen LogP contribution < -0.4 is 0 Å². The number of ketones is 1. The van der Waals surface area contributed by atoms with Crippen LogP contribution >= 0.6 is 0 Å². The molecule has 0 unspecified atom stereocenters. The van der Waals surface area contributed by atoms with Gasteiger partial charge in [0, 0.05) is 16.7 Å². The van der Waals surface area contributed by atoms with E-state index in [-0.39, 0.29) is 5.78 Å². The summed E-state index contributed by atoms with van der Waals surface area (Å²) in [4.78, 5) is 12.3. The van der Waals surface area contributed by atoms with Crippen LogP contribution in [0.1, 0.15) is 40.4 Å². The second kappa shape index (κ2) is 6.02. The van der Waals surface area contributed by atoms with Gasteiger partial charge in [0.05, 0.1) is 0 Å². The highest BCUT2D eigenvalue weighted by molar-refractivity contribution is 6.09. The van der Waals surface area contributed by atoms with E-state index in [2.05, 4.69) is 12.8 Å². The molecule has 0 heterocycles. The van der Waals surface area contributed by atoms with Gasteiger partial charge in [-0.2, -0.15) is 0 Å². The van der Waals surface area contributed by atoms with Crippen LogP contribution in [0.2, 0.25) is 0 Å². The van der Waals surface area contributed by atoms with E-state index in [9.17, 15) is 4.79 Å².